The van der Waals surface area contributed by atoms with Gasteiger partial charge < -0.3 is 9.68 Å². The van der Waals surface area contributed by atoms with Gasteiger partial charge in [0, 0.05) is 0 Å². The topological polar surface area (TPSA) is 29.5 Å². The number of hydrogen-bond acceptors (Lipinski definition) is 2. The fourth-order valence-electron chi connectivity index (χ4n) is 2.28. The van der Waals surface area contributed by atoms with Crippen molar-refractivity contribution in [3.63, 3.8) is 0 Å². The Morgan fingerprint density at radius 3 is 2.80 bits per heavy atom. The van der Waals surface area contributed by atoms with Crippen LogP contribution in [0, 0.1) is 6.92 Å². The molecular formula is C12H11BO2. The summed E-state index contributed by atoms with van der Waals surface area (Å²) in [5.41, 5.74) is 3.24. The molecule has 0 saturated carbocycles. The highest BCUT2D eigenvalue weighted by Gasteiger charge is 2.28. The quantitative estimate of drug-likeness (QED) is 0.647. The Kier molecular flexibility index (Phi) is 1.84. The molecule has 0 atom stereocenters. The van der Waals surface area contributed by atoms with E-state index in [0.29, 0.717) is 6.61 Å². The molecule has 2 aromatic rings. The lowest BCUT2D eigenvalue weighted by molar-refractivity contribution is 0.276. The lowest BCUT2D eigenvalue weighted by Crippen LogP contribution is -2.28. The molecule has 0 saturated heterocycles. The first-order valence-corrected chi connectivity index (χ1v) is 5.08. The zero-order valence-electron chi connectivity index (χ0n) is 8.53. The zero-order chi connectivity index (χ0) is 10.4. The molecule has 74 valence electrons. The minimum atomic E-state index is -0.747. The maximum atomic E-state index is 9.64. The molecule has 0 fully saturated rings. The highest BCUT2D eigenvalue weighted by atomic mass is 16.5. The highest BCUT2D eigenvalue weighted by molar-refractivity contribution is 6.62. The molecule has 3 rings (SSSR count). The van der Waals surface area contributed by atoms with E-state index in [-0.39, 0.29) is 0 Å². The highest BCUT2D eigenvalue weighted by Crippen LogP contribution is 2.24. The van der Waals surface area contributed by atoms with Gasteiger partial charge in [0.2, 0.25) is 0 Å². The first-order valence-electron chi connectivity index (χ1n) is 5.08. The number of hydrogen-bond donors (Lipinski definition) is 1. The van der Waals surface area contributed by atoms with Crippen LogP contribution in [0.2, 0.25) is 0 Å². The summed E-state index contributed by atoms with van der Waals surface area (Å²) in [4.78, 5) is 0. The Labute approximate surface area is 88.6 Å². The predicted molar refractivity (Wildman–Crippen MR) is 61.1 cm³/mol. The summed E-state index contributed by atoms with van der Waals surface area (Å²) in [7, 11) is -0.747. The third-order valence-electron chi connectivity index (χ3n) is 3.05. The summed E-state index contributed by atoms with van der Waals surface area (Å²) < 4.78 is 5.24. The van der Waals surface area contributed by atoms with E-state index in [4.69, 9.17) is 4.65 Å². The van der Waals surface area contributed by atoms with Crippen LogP contribution < -0.4 is 5.46 Å². The first-order chi connectivity index (χ1) is 7.27. The standard InChI is InChI=1S/C12H11BO2/c1-8-6-12-11(7-15-13(12)14)10-5-3-2-4-9(8)10/h2-6,14H,7H2,1H3. The molecular weight excluding hydrogens is 187 g/mol. The summed E-state index contributed by atoms with van der Waals surface area (Å²) in [6.45, 7) is 2.57. The molecule has 0 aromatic heterocycles. The first kappa shape index (κ1) is 8.95. The molecule has 0 unspecified atom stereocenters. The smallest absolute Gasteiger partial charge is 0.423 e. The van der Waals surface area contributed by atoms with E-state index >= 15 is 0 Å². The van der Waals surface area contributed by atoms with E-state index in [1.165, 1.54) is 16.3 Å². The van der Waals surface area contributed by atoms with Gasteiger partial charge in [0.25, 0.3) is 0 Å². The molecule has 2 nitrogen and oxygen atoms in total. The second-order valence-electron chi connectivity index (χ2n) is 3.97. The van der Waals surface area contributed by atoms with Gasteiger partial charge in [0.05, 0.1) is 6.61 Å². The fourth-order valence-corrected chi connectivity index (χ4v) is 2.28. The van der Waals surface area contributed by atoms with Crippen molar-refractivity contribution in [3.05, 3.63) is 41.5 Å². The minimum Gasteiger partial charge on any atom is -0.423 e. The Hall–Kier alpha value is -1.32. The van der Waals surface area contributed by atoms with Gasteiger partial charge in [-0.15, -0.1) is 0 Å². The van der Waals surface area contributed by atoms with Gasteiger partial charge in [0.1, 0.15) is 0 Å². The van der Waals surface area contributed by atoms with E-state index < -0.39 is 7.12 Å². The van der Waals surface area contributed by atoms with E-state index in [0.717, 1.165) is 11.0 Å². The normalized spacial score (nSPS) is 14.7. The summed E-state index contributed by atoms with van der Waals surface area (Å²) >= 11 is 0. The van der Waals surface area contributed by atoms with Crippen LogP contribution in [0.25, 0.3) is 10.8 Å². The fraction of sp³-hybridized carbons (Fsp3) is 0.167. The van der Waals surface area contributed by atoms with Gasteiger partial charge in [-0.05, 0) is 34.3 Å². The summed E-state index contributed by atoms with van der Waals surface area (Å²) in [6, 6.07) is 10.3. The molecule has 0 radical (unpaired) electrons. The Bertz CT molecular complexity index is 536. The van der Waals surface area contributed by atoms with Gasteiger partial charge in [-0.25, -0.2) is 0 Å². The molecule has 1 N–H and O–H groups in total. The average molecular weight is 198 g/mol. The van der Waals surface area contributed by atoms with E-state index in [9.17, 15) is 5.02 Å². The summed E-state index contributed by atoms with van der Waals surface area (Å²) in [6.07, 6.45) is 0. The molecule has 2 aromatic carbocycles. The Morgan fingerprint density at radius 2 is 2.00 bits per heavy atom. The van der Waals surface area contributed by atoms with Gasteiger partial charge in [0.15, 0.2) is 0 Å². The molecule has 3 heteroatoms. The van der Waals surface area contributed by atoms with Crippen LogP contribution in [0.1, 0.15) is 11.1 Å². The van der Waals surface area contributed by atoms with Crippen molar-refractivity contribution in [2.24, 2.45) is 0 Å². The summed E-state index contributed by atoms with van der Waals surface area (Å²) in [5.74, 6) is 0. The van der Waals surface area contributed by atoms with Crippen LogP contribution in [0.5, 0.6) is 0 Å². The molecule has 1 aliphatic heterocycles. The molecule has 1 heterocycles. The largest absolute Gasteiger partial charge is 0.491 e. The van der Waals surface area contributed by atoms with Crippen molar-refractivity contribution in [1.29, 1.82) is 0 Å². The maximum absolute atomic E-state index is 9.64. The van der Waals surface area contributed by atoms with Crippen molar-refractivity contribution in [3.8, 4) is 0 Å². The second-order valence-corrected chi connectivity index (χ2v) is 3.97. The molecule has 1 aliphatic rings. The predicted octanol–water partition coefficient (Wildman–Crippen LogP) is 1.37. The van der Waals surface area contributed by atoms with E-state index in [1.807, 2.05) is 18.2 Å². The van der Waals surface area contributed by atoms with Crippen molar-refractivity contribution >= 4 is 23.4 Å². The van der Waals surface area contributed by atoms with Crippen molar-refractivity contribution in [2.75, 3.05) is 0 Å². The van der Waals surface area contributed by atoms with Gasteiger partial charge in [-0.2, -0.15) is 0 Å². The number of benzene rings is 2. The van der Waals surface area contributed by atoms with Crippen LogP contribution >= 0.6 is 0 Å². The van der Waals surface area contributed by atoms with Crippen LogP contribution in [-0.2, 0) is 11.3 Å². The van der Waals surface area contributed by atoms with Gasteiger partial charge in [-0.3, -0.25) is 0 Å². The van der Waals surface area contributed by atoms with Crippen molar-refractivity contribution < 1.29 is 9.68 Å². The van der Waals surface area contributed by atoms with E-state index in [1.54, 1.807) is 0 Å². The van der Waals surface area contributed by atoms with Crippen molar-refractivity contribution in [1.82, 2.24) is 0 Å². The minimum absolute atomic E-state index is 0.511. The SMILES string of the molecule is Cc1cc2c(c3ccccc13)COB2O. The molecule has 15 heavy (non-hydrogen) atoms. The summed E-state index contributed by atoms with van der Waals surface area (Å²) in [5, 5.41) is 12.1. The molecule has 0 bridgehead atoms. The van der Waals surface area contributed by atoms with E-state index in [2.05, 4.69) is 19.1 Å². The maximum Gasteiger partial charge on any atom is 0.491 e. The third kappa shape index (κ3) is 1.20. The lowest BCUT2D eigenvalue weighted by Gasteiger charge is -2.07. The number of rotatable bonds is 0. The zero-order valence-corrected chi connectivity index (χ0v) is 8.53. The lowest BCUT2D eigenvalue weighted by atomic mass is 9.77. The molecule has 0 aliphatic carbocycles. The van der Waals surface area contributed by atoms with Crippen LogP contribution in [0.3, 0.4) is 0 Å². The van der Waals surface area contributed by atoms with Crippen LogP contribution in [0.4, 0.5) is 0 Å². The monoisotopic (exact) mass is 198 g/mol. The Morgan fingerprint density at radius 1 is 1.27 bits per heavy atom. The van der Waals surface area contributed by atoms with Gasteiger partial charge in [-0.1, -0.05) is 30.3 Å². The average Bonchev–Trinajstić information content (AvgIpc) is 2.62. The van der Waals surface area contributed by atoms with Crippen LogP contribution in [0.15, 0.2) is 30.3 Å². The van der Waals surface area contributed by atoms with Crippen LogP contribution in [-0.4, -0.2) is 12.1 Å². The van der Waals surface area contributed by atoms with Crippen molar-refractivity contribution in [2.45, 2.75) is 13.5 Å². The number of fused-ring (bicyclic) bond motifs is 3. The number of aryl methyl sites for hydroxylation is 1. The Balaban J connectivity index is 2.43. The second kappa shape index (κ2) is 3.09. The molecule has 0 spiro atoms. The third-order valence-corrected chi connectivity index (χ3v) is 3.05. The molecule has 0 amide bonds. The van der Waals surface area contributed by atoms with Gasteiger partial charge >= 0.3 is 7.12 Å².